The highest BCUT2D eigenvalue weighted by Gasteiger charge is 2.35. The zero-order valence-electron chi connectivity index (χ0n) is 16.3. The van der Waals surface area contributed by atoms with Crippen molar-refractivity contribution < 1.29 is 9.90 Å². The molecule has 2 fully saturated rings. The first-order chi connectivity index (χ1) is 12.6. The summed E-state index contributed by atoms with van der Waals surface area (Å²) < 4.78 is 0. The topological polar surface area (TPSA) is 52.6 Å². The molecule has 1 aromatic rings. The van der Waals surface area contributed by atoms with Gasteiger partial charge in [-0.1, -0.05) is 24.5 Å². The van der Waals surface area contributed by atoms with E-state index in [-0.39, 0.29) is 11.7 Å². The van der Waals surface area contributed by atoms with Crippen molar-refractivity contribution in [2.24, 2.45) is 5.92 Å². The summed E-state index contributed by atoms with van der Waals surface area (Å²) in [4.78, 5) is 15.0. The number of carbonyl (C=O) groups is 1. The van der Waals surface area contributed by atoms with Crippen molar-refractivity contribution in [2.75, 3.05) is 13.1 Å². The van der Waals surface area contributed by atoms with Crippen LogP contribution in [0.15, 0.2) is 18.2 Å². The SMILES string of the molecule is Cc1ccc(O)c(C(=O)NCCCCN2[C@H](C)CC[C@@H]3CCCC[C@@H]32)c1. The molecule has 4 heteroatoms. The van der Waals surface area contributed by atoms with Gasteiger partial charge in [0.05, 0.1) is 5.56 Å². The van der Waals surface area contributed by atoms with Crippen molar-refractivity contribution in [2.45, 2.75) is 77.3 Å². The Hall–Kier alpha value is -1.55. The van der Waals surface area contributed by atoms with E-state index in [0.717, 1.165) is 36.9 Å². The molecular formula is C22H34N2O2. The van der Waals surface area contributed by atoms with Gasteiger partial charge in [-0.05, 0) is 77.0 Å². The minimum absolute atomic E-state index is 0.0542. The number of benzene rings is 1. The Balaban J connectivity index is 1.42. The Labute approximate surface area is 158 Å². The summed E-state index contributed by atoms with van der Waals surface area (Å²) in [6.07, 6.45) is 10.5. The molecule has 2 N–H and O–H groups in total. The summed E-state index contributed by atoms with van der Waals surface area (Å²) in [6.45, 7) is 6.12. The second-order valence-electron chi connectivity index (χ2n) is 8.26. The third-order valence-corrected chi connectivity index (χ3v) is 6.34. The van der Waals surface area contributed by atoms with Crippen LogP contribution < -0.4 is 5.32 Å². The molecule has 4 nitrogen and oxygen atoms in total. The molecular weight excluding hydrogens is 324 g/mol. The monoisotopic (exact) mass is 358 g/mol. The van der Waals surface area contributed by atoms with E-state index >= 15 is 0 Å². The summed E-state index contributed by atoms with van der Waals surface area (Å²) in [5.41, 5.74) is 1.36. The van der Waals surface area contributed by atoms with E-state index in [2.05, 4.69) is 17.1 Å². The normalized spacial score (nSPS) is 26.3. The Kier molecular flexibility index (Phi) is 6.58. The van der Waals surface area contributed by atoms with Crippen LogP contribution in [0.4, 0.5) is 0 Å². The number of rotatable bonds is 6. The van der Waals surface area contributed by atoms with Gasteiger partial charge in [0.15, 0.2) is 0 Å². The van der Waals surface area contributed by atoms with Crippen LogP contribution in [-0.2, 0) is 0 Å². The van der Waals surface area contributed by atoms with Crippen LogP contribution in [0.2, 0.25) is 0 Å². The number of aryl methyl sites for hydroxylation is 1. The third kappa shape index (κ3) is 4.59. The van der Waals surface area contributed by atoms with Crippen LogP contribution in [0.25, 0.3) is 0 Å². The van der Waals surface area contributed by atoms with Crippen molar-refractivity contribution in [3.8, 4) is 5.75 Å². The van der Waals surface area contributed by atoms with Crippen molar-refractivity contribution in [1.82, 2.24) is 10.2 Å². The number of unbranched alkanes of at least 4 members (excludes halogenated alkanes) is 1. The third-order valence-electron chi connectivity index (χ3n) is 6.34. The van der Waals surface area contributed by atoms with Crippen LogP contribution in [0.5, 0.6) is 5.75 Å². The highest BCUT2D eigenvalue weighted by molar-refractivity contribution is 5.96. The number of hydrogen-bond donors (Lipinski definition) is 2. The second kappa shape index (κ2) is 8.90. The van der Waals surface area contributed by atoms with Gasteiger partial charge in [0.2, 0.25) is 0 Å². The molecule has 0 spiro atoms. The minimum atomic E-state index is -0.176. The van der Waals surface area contributed by atoms with Gasteiger partial charge in [0.1, 0.15) is 5.75 Å². The first kappa shape index (κ1) is 19.2. The Morgan fingerprint density at radius 2 is 2.00 bits per heavy atom. The Morgan fingerprint density at radius 1 is 1.19 bits per heavy atom. The summed E-state index contributed by atoms with van der Waals surface area (Å²) in [7, 11) is 0. The molecule has 1 aromatic carbocycles. The van der Waals surface area contributed by atoms with Gasteiger partial charge in [0, 0.05) is 18.6 Å². The van der Waals surface area contributed by atoms with E-state index in [1.165, 1.54) is 38.5 Å². The number of nitrogens with one attached hydrogen (secondary N) is 1. The van der Waals surface area contributed by atoms with Crippen molar-refractivity contribution >= 4 is 5.91 Å². The van der Waals surface area contributed by atoms with Crippen molar-refractivity contribution in [1.29, 1.82) is 0 Å². The molecule has 144 valence electrons. The molecule has 0 radical (unpaired) electrons. The number of aromatic hydroxyl groups is 1. The average molecular weight is 359 g/mol. The maximum Gasteiger partial charge on any atom is 0.255 e. The lowest BCUT2D eigenvalue weighted by Crippen LogP contribution is -2.51. The molecule has 1 heterocycles. The predicted octanol–water partition coefficient (Wildman–Crippen LogP) is 4.25. The zero-order chi connectivity index (χ0) is 18.5. The average Bonchev–Trinajstić information content (AvgIpc) is 2.64. The van der Waals surface area contributed by atoms with Gasteiger partial charge in [-0.25, -0.2) is 0 Å². The molecule has 0 aromatic heterocycles. The molecule has 0 bridgehead atoms. The number of hydrogen-bond acceptors (Lipinski definition) is 3. The summed E-state index contributed by atoms with van der Waals surface area (Å²) in [6, 6.07) is 6.63. The van der Waals surface area contributed by atoms with E-state index in [4.69, 9.17) is 0 Å². The van der Waals surface area contributed by atoms with E-state index in [1.54, 1.807) is 12.1 Å². The molecule has 3 rings (SSSR count). The lowest BCUT2D eigenvalue weighted by Gasteiger charge is -2.48. The maximum atomic E-state index is 12.2. The van der Waals surface area contributed by atoms with E-state index in [1.807, 2.05) is 13.0 Å². The standard InChI is InChI=1S/C22H34N2O2/c1-16-9-12-21(25)19(15-16)22(26)23-13-5-6-14-24-17(2)10-11-18-7-3-4-8-20(18)24/h9,12,15,17-18,20,25H,3-8,10-11,13-14H2,1-2H3,(H,23,26)/t17-,18+,20+/m1/s1. The number of phenolic OH excluding ortho intramolecular Hbond substituents is 1. The Bertz CT molecular complexity index is 616. The molecule has 2 aliphatic rings. The molecule has 1 amide bonds. The van der Waals surface area contributed by atoms with Gasteiger partial charge < -0.3 is 10.4 Å². The second-order valence-corrected chi connectivity index (χ2v) is 8.26. The molecule has 1 aliphatic carbocycles. The fourth-order valence-corrected chi connectivity index (χ4v) is 4.84. The molecule has 3 atom stereocenters. The summed E-state index contributed by atoms with van der Waals surface area (Å²) in [5, 5.41) is 12.8. The first-order valence-corrected chi connectivity index (χ1v) is 10.4. The number of nitrogens with zero attached hydrogens (tertiary/aromatic N) is 1. The van der Waals surface area contributed by atoms with Crippen LogP contribution in [0.1, 0.15) is 74.2 Å². The summed E-state index contributed by atoms with van der Waals surface area (Å²) >= 11 is 0. The number of amides is 1. The van der Waals surface area contributed by atoms with Gasteiger partial charge in [-0.2, -0.15) is 0 Å². The molecule has 26 heavy (non-hydrogen) atoms. The lowest BCUT2D eigenvalue weighted by atomic mass is 9.76. The minimum Gasteiger partial charge on any atom is -0.507 e. The van der Waals surface area contributed by atoms with Crippen LogP contribution in [0.3, 0.4) is 0 Å². The largest absolute Gasteiger partial charge is 0.507 e. The molecule has 0 unspecified atom stereocenters. The number of likely N-dealkylation sites (tertiary alicyclic amines) is 1. The van der Waals surface area contributed by atoms with Crippen molar-refractivity contribution in [3.63, 3.8) is 0 Å². The highest BCUT2D eigenvalue weighted by atomic mass is 16.3. The number of fused-ring (bicyclic) bond motifs is 1. The van der Waals surface area contributed by atoms with E-state index in [0.29, 0.717) is 18.2 Å². The lowest BCUT2D eigenvalue weighted by molar-refractivity contribution is 0.0210. The van der Waals surface area contributed by atoms with Gasteiger partial charge >= 0.3 is 0 Å². The highest BCUT2D eigenvalue weighted by Crippen LogP contribution is 2.37. The smallest absolute Gasteiger partial charge is 0.255 e. The Morgan fingerprint density at radius 3 is 2.85 bits per heavy atom. The van der Waals surface area contributed by atoms with Crippen LogP contribution in [0, 0.1) is 12.8 Å². The van der Waals surface area contributed by atoms with Gasteiger partial charge in [0.25, 0.3) is 5.91 Å². The van der Waals surface area contributed by atoms with Crippen molar-refractivity contribution in [3.05, 3.63) is 29.3 Å². The van der Waals surface area contributed by atoms with Crippen LogP contribution >= 0.6 is 0 Å². The predicted molar refractivity (Wildman–Crippen MR) is 106 cm³/mol. The summed E-state index contributed by atoms with van der Waals surface area (Å²) in [5.74, 6) is 0.799. The quantitative estimate of drug-likeness (QED) is 0.747. The number of piperidine rings is 1. The fourth-order valence-electron chi connectivity index (χ4n) is 4.84. The molecule has 1 saturated heterocycles. The van der Waals surface area contributed by atoms with Gasteiger partial charge in [-0.3, -0.25) is 9.69 Å². The number of carbonyl (C=O) groups excluding carboxylic acids is 1. The van der Waals surface area contributed by atoms with Crippen LogP contribution in [-0.4, -0.2) is 41.1 Å². The van der Waals surface area contributed by atoms with E-state index < -0.39 is 0 Å². The zero-order valence-corrected chi connectivity index (χ0v) is 16.3. The molecule has 1 aliphatic heterocycles. The number of phenols is 1. The fraction of sp³-hybridized carbons (Fsp3) is 0.682. The first-order valence-electron chi connectivity index (χ1n) is 10.4. The van der Waals surface area contributed by atoms with Gasteiger partial charge in [-0.15, -0.1) is 0 Å². The maximum absolute atomic E-state index is 12.2. The van der Waals surface area contributed by atoms with E-state index in [9.17, 15) is 9.90 Å². The molecule has 1 saturated carbocycles.